The van der Waals surface area contributed by atoms with Crippen LogP contribution in [0, 0.1) is 5.21 Å². The van der Waals surface area contributed by atoms with Crippen molar-refractivity contribution in [2.24, 2.45) is 0 Å². The van der Waals surface area contributed by atoms with Gasteiger partial charge in [0, 0.05) is 15.3 Å². The Kier molecular flexibility index (Phi) is 8.44. The van der Waals surface area contributed by atoms with E-state index in [0.29, 0.717) is 5.75 Å². The van der Waals surface area contributed by atoms with E-state index >= 15 is 0 Å². The van der Waals surface area contributed by atoms with Gasteiger partial charge in [-0.1, -0.05) is 39.5 Å². The highest BCUT2D eigenvalue weighted by Gasteiger charge is 2.23. The summed E-state index contributed by atoms with van der Waals surface area (Å²) in [5.74, 6) is 1.45. The lowest BCUT2D eigenvalue weighted by Crippen LogP contribution is -2.43. The first-order chi connectivity index (χ1) is 13.8. The maximum Gasteiger partial charge on any atom is 0.146 e. The molecular formula is C24H34NO3S-. The van der Waals surface area contributed by atoms with E-state index in [-0.39, 0.29) is 5.60 Å². The molecule has 0 bridgehead atoms. The second kappa shape index (κ2) is 10.4. The van der Waals surface area contributed by atoms with Crippen LogP contribution in [0.1, 0.15) is 67.2 Å². The Morgan fingerprint density at radius 2 is 1.21 bits per heavy atom. The maximum absolute atomic E-state index is 12.3. The van der Waals surface area contributed by atoms with Gasteiger partial charge in [0.15, 0.2) is 0 Å². The molecule has 4 nitrogen and oxygen atoms in total. The fourth-order valence-electron chi connectivity index (χ4n) is 2.67. The SMILES string of the molecule is CCC(C)(CC)Oc1ccc(Sc2ccc(ON([O-])C(C)(CC)CC)cc2)cc1. The Hall–Kier alpha value is -1.69. The molecule has 0 saturated carbocycles. The summed E-state index contributed by atoms with van der Waals surface area (Å²) in [5, 5.41) is 13.1. The van der Waals surface area contributed by atoms with Gasteiger partial charge in [-0.3, -0.25) is 0 Å². The van der Waals surface area contributed by atoms with Gasteiger partial charge < -0.3 is 14.8 Å². The minimum absolute atomic E-state index is 0.119. The summed E-state index contributed by atoms with van der Waals surface area (Å²) in [6.45, 7) is 12.4. The second-order valence-corrected chi connectivity index (χ2v) is 9.00. The number of benzene rings is 2. The molecule has 0 aliphatic rings. The van der Waals surface area contributed by atoms with E-state index in [9.17, 15) is 5.21 Å². The zero-order chi connectivity index (χ0) is 21.5. The maximum atomic E-state index is 12.3. The summed E-state index contributed by atoms with van der Waals surface area (Å²) in [6, 6.07) is 15.8. The average Bonchev–Trinajstić information content (AvgIpc) is 2.75. The zero-order valence-electron chi connectivity index (χ0n) is 18.5. The summed E-state index contributed by atoms with van der Waals surface area (Å²) < 4.78 is 6.14. The van der Waals surface area contributed by atoms with Gasteiger partial charge in [0.25, 0.3) is 0 Å². The van der Waals surface area contributed by atoms with Crippen LogP contribution in [0.2, 0.25) is 0 Å². The first kappa shape index (κ1) is 23.6. The molecular weight excluding hydrogens is 382 g/mol. The minimum Gasteiger partial charge on any atom is -0.752 e. The van der Waals surface area contributed by atoms with Crippen molar-refractivity contribution in [2.45, 2.75) is 88.2 Å². The topological polar surface area (TPSA) is 44.8 Å². The van der Waals surface area contributed by atoms with Gasteiger partial charge in [0.1, 0.15) is 17.1 Å². The molecule has 29 heavy (non-hydrogen) atoms. The van der Waals surface area contributed by atoms with Crippen LogP contribution in [0.3, 0.4) is 0 Å². The van der Waals surface area contributed by atoms with Gasteiger partial charge in [-0.05, 0) is 88.1 Å². The molecule has 0 N–H and O–H groups in total. The van der Waals surface area contributed by atoms with Gasteiger partial charge in [-0.25, -0.2) is 5.23 Å². The van der Waals surface area contributed by atoms with Crippen molar-refractivity contribution in [3.8, 4) is 11.5 Å². The lowest BCUT2D eigenvalue weighted by molar-refractivity contribution is -0.0979. The van der Waals surface area contributed by atoms with Crippen LogP contribution >= 0.6 is 11.8 Å². The number of hydrogen-bond acceptors (Lipinski definition) is 5. The molecule has 0 radical (unpaired) electrons. The van der Waals surface area contributed by atoms with E-state index in [1.54, 1.807) is 11.8 Å². The third kappa shape index (κ3) is 6.39. The largest absolute Gasteiger partial charge is 0.752 e. The van der Waals surface area contributed by atoms with Crippen LogP contribution in [0.5, 0.6) is 11.5 Å². The summed E-state index contributed by atoms with van der Waals surface area (Å²) in [4.78, 5) is 7.72. The second-order valence-electron chi connectivity index (χ2n) is 7.86. The molecule has 2 aromatic carbocycles. The number of rotatable bonds is 11. The standard InChI is InChI=1S/C24H34NO3S/c1-7-23(5,8-2)25(26)28-20-13-17-22(18-14-20)29-21-15-11-19(12-16-21)27-24(6,9-3)10-4/h11-18H,7-10H2,1-6H3/q-1. The highest BCUT2D eigenvalue weighted by Crippen LogP contribution is 2.32. The van der Waals surface area contributed by atoms with Crippen LogP contribution in [0.15, 0.2) is 58.3 Å². The monoisotopic (exact) mass is 416 g/mol. The number of nitrogens with zero attached hydrogens (tertiary/aromatic N) is 1. The molecule has 0 amide bonds. The van der Waals surface area contributed by atoms with E-state index in [1.807, 2.05) is 57.2 Å². The number of hydroxylamine groups is 2. The van der Waals surface area contributed by atoms with Crippen molar-refractivity contribution in [2.75, 3.05) is 0 Å². The molecule has 0 fully saturated rings. The first-order valence-corrected chi connectivity index (χ1v) is 11.3. The Morgan fingerprint density at radius 3 is 1.62 bits per heavy atom. The van der Waals surface area contributed by atoms with Crippen LogP contribution < -0.4 is 9.57 Å². The third-order valence-electron chi connectivity index (χ3n) is 5.90. The van der Waals surface area contributed by atoms with Gasteiger partial charge >= 0.3 is 0 Å². The average molecular weight is 417 g/mol. The summed E-state index contributed by atoms with van der Waals surface area (Å²) in [6.07, 6.45) is 3.42. The molecule has 0 atom stereocenters. The predicted octanol–water partition coefficient (Wildman–Crippen LogP) is 7.47. The summed E-state index contributed by atoms with van der Waals surface area (Å²) in [7, 11) is 0. The Labute approximate surface area is 180 Å². The van der Waals surface area contributed by atoms with Crippen LogP contribution in [-0.4, -0.2) is 16.4 Å². The minimum atomic E-state index is -0.511. The van der Waals surface area contributed by atoms with Crippen molar-refractivity contribution in [1.29, 1.82) is 0 Å². The van der Waals surface area contributed by atoms with E-state index < -0.39 is 5.54 Å². The van der Waals surface area contributed by atoms with Gasteiger partial charge in [0.05, 0.1) is 0 Å². The van der Waals surface area contributed by atoms with Crippen LogP contribution in [-0.2, 0) is 0 Å². The molecule has 0 aliphatic carbocycles. The summed E-state index contributed by atoms with van der Waals surface area (Å²) in [5.41, 5.74) is -0.631. The highest BCUT2D eigenvalue weighted by atomic mass is 32.2. The molecule has 0 aromatic heterocycles. The van der Waals surface area contributed by atoms with Gasteiger partial charge in [-0.2, -0.15) is 0 Å². The number of ether oxygens (including phenoxy) is 1. The Morgan fingerprint density at radius 1 is 0.759 bits per heavy atom. The van der Waals surface area contributed by atoms with E-state index in [2.05, 4.69) is 32.9 Å². The lowest BCUT2D eigenvalue weighted by Gasteiger charge is -2.43. The van der Waals surface area contributed by atoms with Crippen molar-refractivity contribution in [3.05, 3.63) is 53.7 Å². The molecule has 2 aromatic rings. The van der Waals surface area contributed by atoms with Crippen LogP contribution in [0.4, 0.5) is 0 Å². The van der Waals surface area contributed by atoms with E-state index in [1.165, 1.54) is 0 Å². The molecule has 5 heteroatoms. The molecule has 2 rings (SSSR count). The predicted molar refractivity (Wildman–Crippen MR) is 121 cm³/mol. The normalized spacial score (nSPS) is 12.3. The van der Waals surface area contributed by atoms with E-state index in [0.717, 1.165) is 46.5 Å². The van der Waals surface area contributed by atoms with E-state index in [4.69, 9.17) is 9.57 Å². The van der Waals surface area contributed by atoms with Crippen LogP contribution in [0.25, 0.3) is 0 Å². The summed E-state index contributed by atoms with van der Waals surface area (Å²) >= 11 is 1.67. The fraction of sp³-hybridized carbons (Fsp3) is 0.500. The van der Waals surface area contributed by atoms with Gasteiger partial charge in [-0.15, -0.1) is 0 Å². The fourth-order valence-corrected chi connectivity index (χ4v) is 3.49. The Balaban J connectivity index is 1.97. The van der Waals surface area contributed by atoms with Gasteiger partial charge in [0.2, 0.25) is 0 Å². The zero-order valence-corrected chi connectivity index (χ0v) is 19.3. The smallest absolute Gasteiger partial charge is 0.146 e. The molecule has 0 aliphatic heterocycles. The van der Waals surface area contributed by atoms with Crippen molar-refractivity contribution in [3.63, 3.8) is 0 Å². The van der Waals surface area contributed by atoms with Crippen molar-refractivity contribution >= 4 is 11.8 Å². The third-order valence-corrected chi connectivity index (χ3v) is 6.91. The lowest BCUT2D eigenvalue weighted by atomic mass is 9.97. The van der Waals surface area contributed by atoms with Crippen molar-refractivity contribution < 1.29 is 9.57 Å². The van der Waals surface area contributed by atoms with Crippen molar-refractivity contribution in [1.82, 2.24) is 5.23 Å². The molecule has 0 saturated heterocycles. The highest BCUT2D eigenvalue weighted by molar-refractivity contribution is 7.99. The quantitative estimate of drug-likeness (QED) is 0.356. The molecule has 160 valence electrons. The first-order valence-electron chi connectivity index (χ1n) is 10.5. The molecule has 0 heterocycles. The number of hydrogen-bond donors (Lipinski definition) is 0. The molecule has 0 unspecified atom stereocenters. The Bertz CT molecular complexity index is 738. The molecule has 0 spiro atoms.